The summed E-state index contributed by atoms with van der Waals surface area (Å²) in [7, 11) is 1.55. The second-order valence-electron chi connectivity index (χ2n) is 7.27. The molecule has 2 rings (SSSR count). The van der Waals surface area contributed by atoms with Crippen molar-refractivity contribution in [3.63, 3.8) is 0 Å². The predicted molar refractivity (Wildman–Crippen MR) is 109 cm³/mol. The number of benzene rings is 1. The lowest BCUT2D eigenvalue weighted by molar-refractivity contribution is -0.141. The number of ether oxygens (including phenoxy) is 2. The molecular formula is C22H27F3N2O5. The molecule has 1 aromatic carbocycles. The fraction of sp³-hybridized carbons (Fsp3) is 0.500. The molecule has 1 aliphatic heterocycles. The van der Waals surface area contributed by atoms with Crippen LogP contribution in [-0.2, 0) is 30.0 Å². The smallest absolute Gasteiger partial charge is 0.416 e. The lowest BCUT2D eigenvalue weighted by Crippen LogP contribution is -2.44. The van der Waals surface area contributed by atoms with Crippen LogP contribution in [0, 0.1) is 0 Å². The van der Waals surface area contributed by atoms with Crippen molar-refractivity contribution in [3.8, 4) is 0 Å². The monoisotopic (exact) mass is 456 g/mol. The summed E-state index contributed by atoms with van der Waals surface area (Å²) >= 11 is 0. The lowest BCUT2D eigenvalue weighted by Gasteiger charge is -2.34. The molecule has 10 heteroatoms. The summed E-state index contributed by atoms with van der Waals surface area (Å²) < 4.78 is 48.8. The van der Waals surface area contributed by atoms with Gasteiger partial charge in [-0.15, -0.1) is 0 Å². The highest BCUT2D eigenvalue weighted by Gasteiger charge is 2.38. The van der Waals surface area contributed by atoms with Crippen LogP contribution in [0.4, 0.5) is 13.2 Å². The summed E-state index contributed by atoms with van der Waals surface area (Å²) in [4.78, 5) is 39.0. The number of halogens is 3. The standard InChI is InChI=1S/C22H27F3N2O5/c1-4-32-21(30)20-14(2)27(13-18(28)26-10-5-11-31-3)19(29)12-17(20)15-6-8-16(9-7-15)22(23,24)25/h6-9,17H,4-5,10-13H2,1-3H3,(H,26,28). The number of nitrogens with zero attached hydrogens (tertiary/aromatic N) is 1. The van der Waals surface area contributed by atoms with E-state index in [0.717, 1.165) is 12.1 Å². The first kappa shape index (κ1) is 25.4. The summed E-state index contributed by atoms with van der Waals surface area (Å²) in [5.41, 5.74) is -0.0407. The number of amides is 2. The number of rotatable bonds is 9. The first-order valence-corrected chi connectivity index (χ1v) is 10.2. The Bertz CT molecular complexity index is 865. The second-order valence-corrected chi connectivity index (χ2v) is 7.27. The molecule has 0 spiro atoms. The van der Waals surface area contributed by atoms with Gasteiger partial charge in [-0.3, -0.25) is 9.59 Å². The van der Waals surface area contributed by atoms with E-state index >= 15 is 0 Å². The van der Waals surface area contributed by atoms with Gasteiger partial charge in [-0.25, -0.2) is 4.79 Å². The largest absolute Gasteiger partial charge is 0.463 e. The zero-order chi connectivity index (χ0) is 23.9. The van der Waals surface area contributed by atoms with Gasteiger partial charge >= 0.3 is 12.1 Å². The average molecular weight is 456 g/mol. The highest BCUT2D eigenvalue weighted by Crippen LogP contribution is 2.38. The zero-order valence-corrected chi connectivity index (χ0v) is 18.3. The number of allylic oxidation sites excluding steroid dienone is 1. The van der Waals surface area contributed by atoms with E-state index in [4.69, 9.17) is 9.47 Å². The Hall–Kier alpha value is -2.88. The maximum absolute atomic E-state index is 12.9. The van der Waals surface area contributed by atoms with Crippen LogP contribution in [0.3, 0.4) is 0 Å². The van der Waals surface area contributed by atoms with Crippen molar-refractivity contribution in [1.82, 2.24) is 10.2 Å². The molecule has 1 aliphatic rings. The van der Waals surface area contributed by atoms with E-state index in [1.165, 1.54) is 24.0 Å². The van der Waals surface area contributed by atoms with Crippen LogP contribution >= 0.6 is 0 Å². The third-order valence-electron chi connectivity index (χ3n) is 5.11. The summed E-state index contributed by atoms with van der Waals surface area (Å²) in [6.45, 7) is 3.81. The fourth-order valence-electron chi connectivity index (χ4n) is 3.51. The minimum absolute atomic E-state index is 0.0866. The highest BCUT2D eigenvalue weighted by molar-refractivity contribution is 5.97. The number of carbonyl (C=O) groups is 3. The number of hydrogen-bond acceptors (Lipinski definition) is 5. The van der Waals surface area contributed by atoms with Crippen LogP contribution in [0.25, 0.3) is 0 Å². The lowest BCUT2D eigenvalue weighted by atomic mass is 9.83. The Morgan fingerprint density at radius 2 is 1.88 bits per heavy atom. The Morgan fingerprint density at radius 1 is 1.22 bits per heavy atom. The van der Waals surface area contributed by atoms with Gasteiger partial charge in [0, 0.05) is 38.3 Å². The summed E-state index contributed by atoms with van der Waals surface area (Å²) in [6, 6.07) is 4.34. The van der Waals surface area contributed by atoms with Gasteiger partial charge < -0.3 is 19.7 Å². The molecule has 0 fully saturated rings. The van der Waals surface area contributed by atoms with Crippen molar-refractivity contribution < 1.29 is 37.0 Å². The first-order valence-electron chi connectivity index (χ1n) is 10.2. The van der Waals surface area contributed by atoms with Gasteiger partial charge in [0.2, 0.25) is 11.8 Å². The summed E-state index contributed by atoms with van der Waals surface area (Å²) in [5, 5.41) is 2.68. The fourth-order valence-corrected chi connectivity index (χ4v) is 3.51. The molecule has 176 valence electrons. The van der Waals surface area contributed by atoms with Crippen molar-refractivity contribution in [3.05, 3.63) is 46.7 Å². The Morgan fingerprint density at radius 3 is 2.44 bits per heavy atom. The van der Waals surface area contributed by atoms with Crippen LogP contribution in [0.5, 0.6) is 0 Å². The average Bonchev–Trinajstić information content (AvgIpc) is 2.73. The number of nitrogens with one attached hydrogen (secondary N) is 1. The topological polar surface area (TPSA) is 84.9 Å². The third-order valence-corrected chi connectivity index (χ3v) is 5.11. The molecule has 0 radical (unpaired) electrons. The molecule has 2 amide bonds. The Kier molecular flexibility index (Phi) is 8.82. The summed E-state index contributed by atoms with van der Waals surface area (Å²) in [6.07, 6.45) is -4.06. The third kappa shape index (κ3) is 6.32. The van der Waals surface area contributed by atoms with Crippen molar-refractivity contribution in [1.29, 1.82) is 0 Å². The van der Waals surface area contributed by atoms with E-state index in [2.05, 4.69) is 5.32 Å². The van der Waals surface area contributed by atoms with Crippen LogP contribution in [-0.4, -0.2) is 56.1 Å². The molecule has 0 saturated carbocycles. The summed E-state index contributed by atoms with van der Waals surface area (Å²) in [5.74, 6) is -2.25. The van der Waals surface area contributed by atoms with Crippen molar-refractivity contribution >= 4 is 17.8 Å². The molecule has 1 N–H and O–H groups in total. The molecule has 1 unspecified atom stereocenters. The molecule has 7 nitrogen and oxygen atoms in total. The minimum atomic E-state index is -4.50. The molecule has 1 heterocycles. The molecule has 0 aliphatic carbocycles. The first-order chi connectivity index (χ1) is 15.1. The predicted octanol–water partition coefficient (Wildman–Crippen LogP) is 3.01. The van der Waals surface area contributed by atoms with E-state index in [1.54, 1.807) is 14.0 Å². The van der Waals surface area contributed by atoms with Gasteiger partial charge in [0.15, 0.2) is 0 Å². The molecule has 32 heavy (non-hydrogen) atoms. The van der Waals surface area contributed by atoms with E-state index in [0.29, 0.717) is 25.1 Å². The van der Waals surface area contributed by atoms with E-state index < -0.39 is 35.4 Å². The van der Waals surface area contributed by atoms with Crippen LogP contribution in [0.1, 0.15) is 43.7 Å². The SMILES string of the molecule is CCOC(=O)C1=C(C)N(CC(=O)NCCCOC)C(=O)CC1c1ccc(C(F)(F)F)cc1. The number of esters is 1. The number of carbonyl (C=O) groups excluding carboxylic acids is 3. The van der Waals surface area contributed by atoms with Gasteiger partial charge in [0.05, 0.1) is 17.7 Å². The number of hydrogen-bond donors (Lipinski definition) is 1. The quantitative estimate of drug-likeness (QED) is 0.456. The molecule has 1 aromatic rings. The molecule has 0 saturated heterocycles. The van der Waals surface area contributed by atoms with Gasteiger partial charge in [-0.2, -0.15) is 13.2 Å². The Labute approximate surface area is 184 Å². The second kappa shape index (κ2) is 11.1. The minimum Gasteiger partial charge on any atom is -0.463 e. The molecule has 0 aromatic heterocycles. The maximum atomic E-state index is 12.9. The maximum Gasteiger partial charge on any atom is 0.416 e. The normalized spacial score (nSPS) is 16.9. The molecule has 1 atom stereocenters. The van der Waals surface area contributed by atoms with E-state index in [-0.39, 0.29) is 30.8 Å². The number of methoxy groups -OCH3 is 1. The van der Waals surface area contributed by atoms with Crippen molar-refractivity contribution in [2.24, 2.45) is 0 Å². The molecule has 0 bridgehead atoms. The van der Waals surface area contributed by atoms with E-state index in [1.807, 2.05) is 0 Å². The van der Waals surface area contributed by atoms with Crippen molar-refractivity contribution in [2.45, 2.75) is 38.8 Å². The van der Waals surface area contributed by atoms with Gasteiger partial charge in [-0.1, -0.05) is 12.1 Å². The van der Waals surface area contributed by atoms with Gasteiger partial charge in [0.1, 0.15) is 6.54 Å². The number of alkyl halides is 3. The van der Waals surface area contributed by atoms with Crippen LogP contribution in [0.15, 0.2) is 35.5 Å². The zero-order valence-electron chi connectivity index (χ0n) is 18.3. The Balaban J connectivity index is 2.32. The highest BCUT2D eigenvalue weighted by atomic mass is 19.4. The van der Waals surface area contributed by atoms with Crippen LogP contribution < -0.4 is 5.32 Å². The van der Waals surface area contributed by atoms with Gasteiger partial charge in [0.25, 0.3) is 0 Å². The van der Waals surface area contributed by atoms with E-state index in [9.17, 15) is 27.6 Å². The molecular weight excluding hydrogens is 429 g/mol. The van der Waals surface area contributed by atoms with Crippen LogP contribution in [0.2, 0.25) is 0 Å². The van der Waals surface area contributed by atoms with Crippen molar-refractivity contribution in [2.75, 3.05) is 33.4 Å². The van der Waals surface area contributed by atoms with Gasteiger partial charge in [-0.05, 0) is 38.0 Å².